The zero-order valence-electron chi connectivity index (χ0n) is 17.0. The summed E-state index contributed by atoms with van der Waals surface area (Å²) < 4.78 is 33.1. The van der Waals surface area contributed by atoms with Crippen molar-refractivity contribution in [3.05, 3.63) is 82.3 Å². The van der Waals surface area contributed by atoms with Gasteiger partial charge in [-0.25, -0.2) is 0 Å². The van der Waals surface area contributed by atoms with Crippen molar-refractivity contribution in [2.24, 2.45) is 0 Å². The van der Waals surface area contributed by atoms with Crippen molar-refractivity contribution in [3.8, 4) is 11.1 Å². The van der Waals surface area contributed by atoms with E-state index in [1.807, 2.05) is 25.1 Å². The van der Waals surface area contributed by atoms with Crippen LogP contribution in [0, 0.1) is 13.8 Å². The van der Waals surface area contributed by atoms with E-state index in [2.05, 4.69) is 42.7 Å². The molecule has 1 N–H and O–H groups in total. The van der Waals surface area contributed by atoms with E-state index in [9.17, 15) is 8.42 Å². The molecular weight excluding hydrogens is 438 g/mol. The van der Waals surface area contributed by atoms with E-state index in [4.69, 9.17) is 16.2 Å². The summed E-state index contributed by atoms with van der Waals surface area (Å²) in [5.74, 6) is 0. The van der Waals surface area contributed by atoms with Gasteiger partial charge in [-0.15, -0.1) is 0 Å². The van der Waals surface area contributed by atoms with Gasteiger partial charge in [0.15, 0.2) is 0 Å². The molecule has 0 unspecified atom stereocenters. The monoisotopic (exact) mass is 460 g/mol. The van der Waals surface area contributed by atoms with Gasteiger partial charge in [0.1, 0.15) is 11.2 Å². The fourth-order valence-corrected chi connectivity index (χ4v) is 5.09. The predicted octanol–water partition coefficient (Wildman–Crippen LogP) is 6.08. The molecule has 0 aliphatic carbocycles. The molecule has 0 aliphatic heterocycles. The Balaban J connectivity index is 0.000000199. The molecule has 30 heavy (non-hydrogen) atoms. The van der Waals surface area contributed by atoms with E-state index >= 15 is 0 Å². The number of aryl methyl sites for hydroxylation is 3. The van der Waals surface area contributed by atoms with E-state index in [-0.39, 0.29) is 4.90 Å². The number of halogens is 1. The molecule has 4 aromatic rings. The third-order valence-electron chi connectivity index (χ3n) is 4.70. The number of thiazole rings is 1. The van der Waals surface area contributed by atoms with Crippen LogP contribution in [0.15, 0.2) is 71.6 Å². The highest BCUT2D eigenvalue weighted by Gasteiger charge is 2.18. The molecule has 3 aromatic carbocycles. The maximum atomic E-state index is 10.5. The Morgan fingerprint density at radius 1 is 1.00 bits per heavy atom. The van der Waals surface area contributed by atoms with E-state index in [1.165, 1.54) is 32.9 Å². The standard InChI is InChI=1S/C16H15ClNS.C7H8O3S/c1-3-18-11(2)19-16-10-14(17)13(9-15(16)18)12-7-5-4-6-8-12;1-6-2-4-7(5-3-6)11(8,9)10/h4-10H,3H2,1-2H3;2-5H,1H3,(H,8,9,10)/q+1;. The summed E-state index contributed by atoms with van der Waals surface area (Å²) in [5.41, 5.74) is 4.50. The van der Waals surface area contributed by atoms with E-state index in [1.54, 1.807) is 23.5 Å². The van der Waals surface area contributed by atoms with Crippen molar-refractivity contribution in [3.63, 3.8) is 0 Å². The molecule has 0 bridgehead atoms. The van der Waals surface area contributed by atoms with Gasteiger partial charge < -0.3 is 0 Å². The maximum Gasteiger partial charge on any atom is 0.294 e. The van der Waals surface area contributed by atoms with Gasteiger partial charge in [0.25, 0.3) is 10.1 Å². The Morgan fingerprint density at radius 2 is 1.63 bits per heavy atom. The van der Waals surface area contributed by atoms with Gasteiger partial charge in [-0.3, -0.25) is 4.55 Å². The Kier molecular flexibility index (Phi) is 6.93. The number of hydrogen-bond acceptors (Lipinski definition) is 3. The molecule has 0 atom stereocenters. The average Bonchev–Trinajstić information content (AvgIpc) is 3.01. The molecule has 0 saturated heterocycles. The molecule has 0 fully saturated rings. The number of hydrogen-bond donors (Lipinski definition) is 1. The summed E-state index contributed by atoms with van der Waals surface area (Å²) in [6, 6.07) is 20.6. The Morgan fingerprint density at radius 3 is 2.20 bits per heavy atom. The van der Waals surface area contributed by atoms with Crippen LogP contribution in [0.25, 0.3) is 21.3 Å². The van der Waals surface area contributed by atoms with Crippen LogP contribution in [0.1, 0.15) is 17.5 Å². The summed E-state index contributed by atoms with van der Waals surface area (Å²) in [4.78, 5) is -0.0666. The van der Waals surface area contributed by atoms with Gasteiger partial charge in [-0.05, 0) is 37.6 Å². The van der Waals surface area contributed by atoms with Crippen molar-refractivity contribution < 1.29 is 17.5 Å². The Hall–Kier alpha value is -2.25. The molecule has 7 heteroatoms. The molecule has 4 rings (SSSR count). The summed E-state index contributed by atoms with van der Waals surface area (Å²) >= 11 is 8.24. The molecule has 156 valence electrons. The zero-order valence-corrected chi connectivity index (χ0v) is 19.4. The summed E-state index contributed by atoms with van der Waals surface area (Å²) in [6.07, 6.45) is 0. The van der Waals surface area contributed by atoms with Gasteiger partial charge in [0.05, 0.1) is 9.92 Å². The fraction of sp³-hybridized carbons (Fsp3) is 0.174. The SMILES string of the molecule is CC[n+]1c(C)sc2cc(Cl)c(-c3ccccc3)cc21.Cc1ccc(S(=O)(=O)O)cc1. The maximum absolute atomic E-state index is 10.5. The fourth-order valence-electron chi connectivity index (χ4n) is 3.16. The summed E-state index contributed by atoms with van der Waals surface area (Å²) in [6.45, 7) is 7.16. The molecule has 0 saturated carbocycles. The third kappa shape index (κ3) is 5.08. The summed E-state index contributed by atoms with van der Waals surface area (Å²) in [5, 5.41) is 2.14. The molecule has 1 heterocycles. The largest absolute Gasteiger partial charge is 0.294 e. The molecule has 0 aliphatic rings. The molecule has 4 nitrogen and oxygen atoms in total. The summed E-state index contributed by atoms with van der Waals surface area (Å²) in [7, 11) is -4.02. The van der Waals surface area contributed by atoms with Crippen LogP contribution < -0.4 is 4.57 Å². The van der Waals surface area contributed by atoms with Gasteiger partial charge in [-0.1, -0.05) is 71.0 Å². The first-order valence-electron chi connectivity index (χ1n) is 9.42. The zero-order chi connectivity index (χ0) is 21.9. The molecule has 1 aromatic heterocycles. The minimum absolute atomic E-state index is 0.0666. The third-order valence-corrected chi connectivity index (χ3v) is 6.94. The number of fused-ring (bicyclic) bond motifs is 1. The van der Waals surface area contributed by atoms with Crippen LogP contribution in [0.4, 0.5) is 0 Å². The number of benzene rings is 3. The van der Waals surface area contributed by atoms with Crippen LogP contribution in [0.3, 0.4) is 0 Å². The Labute approximate surface area is 186 Å². The quantitative estimate of drug-likeness (QED) is 0.297. The first-order chi connectivity index (χ1) is 14.2. The van der Waals surface area contributed by atoms with E-state index < -0.39 is 10.1 Å². The van der Waals surface area contributed by atoms with Crippen molar-refractivity contribution in [1.82, 2.24) is 0 Å². The van der Waals surface area contributed by atoms with Crippen LogP contribution in [0.5, 0.6) is 0 Å². The smallest absolute Gasteiger partial charge is 0.282 e. The van der Waals surface area contributed by atoms with Crippen molar-refractivity contribution in [2.45, 2.75) is 32.2 Å². The molecule has 0 spiro atoms. The topological polar surface area (TPSA) is 58.2 Å². The lowest BCUT2D eigenvalue weighted by atomic mass is 10.1. The number of nitrogens with zero attached hydrogens (tertiary/aromatic N) is 1. The lowest BCUT2D eigenvalue weighted by molar-refractivity contribution is -0.669. The van der Waals surface area contributed by atoms with Gasteiger partial charge in [-0.2, -0.15) is 13.0 Å². The highest BCUT2D eigenvalue weighted by atomic mass is 35.5. The second-order valence-electron chi connectivity index (χ2n) is 6.82. The van der Waals surface area contributed by atoms with E-state index in [0.717, 1.165) is 22.7 Å². The lowest BCUT2D eigenvalue weighted by Crippen LogP contribution is -2.33. The normalized spacial score (nSPS) is 11.2. The Bertz CT molecular complexity index is 1270. The average molecular weight is 461 g/mol. The van der Waals surface area contributed by atoms with Crippen LogP contribution >= 0.6 is 22.9 Å². The minimum atomic E-state index is -4.02. The molecule has 0 radical (unpaired) electrons. The number of aromatic nitrogens is 1. The highest BCUT2D eigenvalue weighted by Crippen LogP contribution is 2.33. The lowest BCUT2D eigenvalue weighted by Gasteiger charge is -2.03. The van der Waals surface area contributed by atoms with Crippen LogP contribution in [0.2, 0.25) is 5.02 Å². The van der Waals surface area contributed by atoms with Gasteiger partial charge in [0.2, 0.25) is 10.5 Å². The van der Waals surface area contributed by atoms with E-state index in [0.29, 0.717) is 0 Å². The van der Waals surface area contributed by atoms with Crippen molar-refractivity contribution >= 4 is 43.3 Å². The number of rotatable bonds is 3. The first-order valence-corrected chi connectivity index (χ1v) is 12.1. The van der Waals surface area contributed by atoms with Gasteiger partial charge >= 0.3 is 0 Å². The molecular formula is C23H23ClNO3S2+. The molecule has 0 amide bonds. The van der Waals surface area contributed by atoms with Crippen molar-refractivity contribution in [1.29, 1.82) is 0 Å². The predicted molar refractivity (Wildman–Crippen MR) is 124 cm³/mol. The first kappa shape index (κ1) is 22.4. The highest BCUT2D eigenvalue weighted by molar-refractivity contribution is 7.85. The van der Waals surface area contributed by atoms with Crippen LogP contribution in [-0.2, 0) is 16.7 Å². The second-order valence-corrected chi connectivity index (χ2v) is 9.88. The minimum Gasteiger partial charge on any atom is -0.282 e. The second kappa shape index (κ2) is 9.27. The van der Waals surface area contributed by atoms with Gasteiger partial charge in [0, 0.05) is 18.6 Å². The van der Waals surface area contributed by atoms with Crippen LogP contribution in [-0.4, -0.2) is 13.0 Å². The van der Waals surface area contributed by atoms with Crippen molar-refractivity contribution in [2.75, 3.05) is 0 Å².